The Hall–Kier alpha value is -2.25. The highest BCUT2D eigenvalue weighted by atomic mass is 16.6. The van der Waals surface area contributed by atoms with Gasteiger partial charge in [-0.05, 0) is 44.8 Å². The zero-order chi connectivity index (χ0) is 17.1. The number of nitrogens with zero attached hydrogens (tertiary/aromatic N) is 4. The molecule has 0 N–H and O–H groups in total. The Kier molecular flexibility index (Phi) is 4.92. The van der Waals surface area contributed by atoms with Crippen LogP contribution < -0.4 is 4.90 Å². The Morgan fingerprint density at radius 3 is 3.00 bits per heavy atom. The highest BCUT2D eigenvalue weighted by Gasteiger charge is 2.29. The van der Waals surface area contributed by atoms with E-state index in [4.69, 9.17) is 4.74 Å². The van der Waals surface area contributed by atoms with E-state index in [0.717, 1.165) is 19.5 Å². The molecule has 0 aliphatic carbocycles. The van der Waals surface area contributed by atoms with Gasteiger partial charge in [0, 0.05) is 25.8 Å². The summed E-state index contributed by atoms with van der Waals surface area (Å²) in [6.07, 6.45) is 2.65. The van der Waals surface area contributed by atoms with Crippen molar-refractivity contribution in [1.82, 2.24) is 9.88 Å². The molecule has 1 aromatic heterocycles. The first-order chi connectivity index (χ1) is 11.6. The van der Waals surface area contributed by atoms with Crippen LogP contribution in [0.2, 0.25) is 0 Å². The van der Waals surface area contributed by atoms with Gasteiger partial charge in [-0.25, -0.2) is 0 Å². The van der Waals surface area contributed by atoms with Gasteiger partial charge in [0.1, 0.15) is 5.69 Å². The van der Waals surface area contributed by atoms with Gasteiger partial charge < -0.3 is 14.5 Å². The third-order valence-electron chi connectivity index (χ3n) is 4.30. The normalized spacial score (nSPS) is 17.8. The number of nitro benzene ring substituents is 1. The number of anilines is 1. The molecule has 1 saturated heterocycles. The second-order valence-electron chi connectivity index (χ2n) is 6.29. The van der Waals surface area contributed by atoms with E-state index in [-0.39, 0.29) is 16.7 Å². The van der Waals surface area contributed by atoms with Gasteiger partial charge in [-0.3, -0.25) is 15.1 Å². The molecule has 2 aromatic rings. The summed E-state index contributed by atoms with van der Waals surface area (Å²) >= 11 is 0. The van der Waals surface area contributed by atoms with E-state index in [1.165, 1.54) is 0 Å². The molecular weight excluding hydrogens is 308 g/mol. The third-order valence-corrected chi connectivity index (χ3v) is 4.30. The molecule has 2 heterocycles. The molecule has 128 valence electrons. The first-order valence-electron chi connectivity index (χ1n) is 8.09. The fraction of sp³-hybridized carbons (Fsp3) is 0.471. The molecular formula is C17H22N4O3. The van der Waals surface area contributed by atoms with Crippen molar-refractivity contribution in [1.29, 1.82) is 0 Å². The van der Waals surface area contributed by atoms with E-state index >= 15 is 0 Å². The Balaban J connectivity index is 1.80. The Morgan fingerprint density at radius 1 is 1.42 bits per heavy atom. The quantitative estimate of drug-likeness (QED) is 0.598. The molecule has 1 aliphatic heterocycles. The monoisotopic (exact) mass is 330 g/mol. The average molecular weight is 330 g/mol. The molecule has 0 amide bonds. The van der Waals surface area contributed by atoms with Crippen LogP contribution in [0.15, 0.2) is 30.5 Å². The van der Waals surface area contributed by atoms with Crippen molar-refractivity contribution in [3.05, 3.63) is 40.6 Å². The van der Waals surface area contributed by atoms with Gasteiger partial charge in [-0.1, -0.05) is 0 Å². The van der Waals surface area contributed by atoms with Crippen LogP contribution in [0, 0.1) is 10.1 Å². The number of ether oxygens (including phenoxy) is 1. The van der Waals surface area contributed by atoms with Crippen molar-refractivity contribution >= 4 is 22.3 Å². The fourth-order valence-corrected chi connectivity index (χ4v) is 3.06. The summed E-state index contributed by atoms with van der Waals surface area (Å²) < 4.78 is 5.89. The topological polar surface area (TPSA) is 71.7 Å². The lowest BCUT2D eigenvalue weighted by Crippen LogP contribution is -2.26. The molecule has 0 unspecified atom stereocenters. The minimum atomic E-state index is -0.306. The van der Waals surface area contributed by atoms with Crippen molar-refractivity contribution in [3.8, 4) is 0 Å². The number of aromatic nitrogens is 1. The first kappa shape index (κ1) is 16.6. The molecule has 1 aliphatic rings. The molecule has 1 aromatic carbocycles. The summed E-state index contributed by atoms with van der Waals surface area (Å²) in [5.41, 5.74) is 1.43. The number of nitro groups is 1. The number of likely N-dealkylation sites (N-methyl/N-ethyl adjacent to an activating group) is 1. The van der Waals surface area contributed by atoms with Crippen LogP contribution in [0.5, 0.6) is 0 Å². The number of hydrogen-bond donors (Lipinski definition) is 0. The smallest absolute Gasteiger partial charge is 0.301 e. The number of pyridine rings is 1. The predicted molar refractivity (Wildman–Crippen MR) is 93.5 cm³/mol. The maximum atomic E-state index is 11.6. The van der Waals surface area contributed by atoms with Crippen molar-refractivity contribution in [3.63, 3.8) is 0 Å². The Labute approximate surface area is 141 Å². The van der Waals surface area contributed by atoms with E-state index in [1.54, 1.807) is 24.4 Å². The molecule has 0 radical (unpaired) electrons. The maximum Gasteiger partial charge on any atom is 0.301 e. The van der Waals surface area contributed by atoms with Crippen LogP contribution >= 0.6 is 0 Å². The molecule has 7 nitrogen and oxygen atoms in total. The lowest BCUT2D eigenvalue weighted by Gasteiger charge is -2.19. The number of fused-ring (bicyclic) bond motifs is 1. The average Bonchev–Trinajstić information content (AvgIpc) is 3.02. The largest absolute Gasteiger partial charge is 0.375 e. The lowest BCUT2D eigenvalue weighted by molar-refractivity contribution is -0.382. The first-order valence-corrected chi connectivity index (χ1v) is 8.09. The second kappa shape index (κ2) is 7.11. The van der Waals surface area contributed by atoms with Crippen LogP contribution in [0.4, 0.5) is 11.4 Å². The highest BCUT2D eigenvalue weighted by Crippen LogP contribution is 2.36. The van der Waals surface area contributed by atoms with E-state index < -0.39 is 0 Å². The summed E-state index contributed by atoms with van der Waals surface area (Å²) in [5.74, 6) is 0. The minimum Gasteiger partial charge on any atom is -0.375 e. The highest BCUT2D eigenvalue weighted by molar-refractivity contribution is 5.94. The van der Waals surface area contributed by atoms with E-state index in [1.807, 2.05) is 25.1 Å². The van der Waals surface area contributed by atoms with Gasteiger partial charge in [-0.2, -0.15) is 0 Å². The fourth-order valence-electron chi connectivity index (χ4n) is 3.06. The van der Waals surface area contributed by atoms with Gasteiger partial charge in [0.25, 0.3) is 0 Å². The van der Waals surface area contributed by atoms with Crippen molar-refractivity contribution < 1.29 is 9.66 Å². The summed E-state index contributed by atoms with van der Waals surface area (Å²) in [6, 6.07) is 7.13. The van der Waals surface area contributed by atoms with Crippen LogP contribution in [0.1, 0.15) is 6.42 Å². The van der Waals surface area contributed by atoms with Crippen LogP contribution in [0.3, 0.4) is 0 Å². The summed E-state index contributed by atoms with van der Waals surface area (Å²) in [6.45, 7) is 2.99. The maximum absolute atomic E-state index is 11.6. The van der Waals surface area contributed by atoms with Crippen LogP contribution in [-0.4, -0.2) is 61.2 Å². The van der Waals surface area contributed by atoms with E-state index in [0.29, 0.717) is 29.7 Å². The number of rotatable bonds is 6. The van der Waals surface area contributed by atoms with Crippen molar-refractivity contribution in [2.24, 2.45) is 0 Å². The lowest BCUT2D eigenvalue weighted by atomic mass is 10.1. The number of benzene rings is 1. The third kappa shape index (κ3) is 3.47. The Bertz CT molecular complexity index is 735. The van der Waals surface area contributed by atoms with Gasteiger partial charge in [0.05, 0.1) is 28.5 Å². The number of hydrogen-bond acceptors (Lipinski definition) is 6. The zero-order valence-corrected chi connectivity index (χ0v) is 14.0. The standard InChI is InChI=1S/C17H22N4O3/c1-19(2)10-11-24-13-7-9-20(12-13)16-6-5-15-14(4-3-8-18-15)17(16)21(22)23/h3-6,8,13H,7,9-12H2,1-2H3/t13-/m1/s1. The molecule has 1 fully saturated rings. The van der Waals surface area contributed by atoms with Crippen molar-refractivity contribution in [2.45, 2.75) is 12.5 Å². The van der Waals surface area contributed by atoms with Gasteiger partial charge >= 0.3 is 5.69 Å². The van der Waals surface area contributed by atoms with E-state index in [9.17, 15) is 10.1 Å². The molecule has 1 atom stereocenters. The molecule has 24 heavy (non-hydrogen) atoms. The molecule has 3 rings (SSSR count). The summed E-state index contributed by atoms with van der Waals surface area (Å²) in [4.78, 5) is 19.7. The van der Waals surface area contributed by atoms with Gasteiger partial charge in [-0.15, -0.1) is 0 Å². The molecule has 0 saturated carbocycles. The van der Waals surface area contributed by atoms with Gasteiger partial charge in [0.15, 0.2) is 0 Å². The SMILES string of the molecule is CN(C)CCO[C@@H]1CCN(c2ccc3ncccc3c2[N+](=O)[O-])C1. The zero-order valence-electron chi connectivity index (χ0n) is 14.0. The molecule has 7 heteroatoms. The van der Waals surface area contributed by atoms with E-state index in [2.05, 4.69) is 9.88 Å². The summed E-state index contributed by atoms with van der Waals surface area (Å²) in [7, 11) is 4.02. The van der Waals surface area contributed by atoms with Crippen LogP contribution in [0.25, 0.3) is 10.9 Å². The van der Waals surface area contributed by atoms with Crippen molar-refractivity contribution in [2.75, 3.05) is 45.2 Å². The molecule has 0 bridgehead atoms. The summed E-state index contributed by atoms with van der Waals surface area (Å²) in [5, 5.41) is 12.2. The minimum absolute atomic E-state index is 0.120. The molecule has 0 spiro atoms. The second-order valence-corrected chi connectivity index (χ2v) is 6.29. The Morgan fingerprint density at radius 2 is 2.25 bits per heavy atom. The van der Waals surface area contributed by atoms with Gasteiger partial charge in [0.2, 0.25) is 0 Å². The predicted octanol–water partition coefficient (Wildman–Crippen LogP) is 2.30. The van der Waals surface area contributed by atoms with Crippen LogP contribution in [-0.2, 0) is 4.74 Å².